The van der Waals surface area contributed by atoms with Crippen molar-refractivity contribution in [3.63, 3.8) is 0 Å². The van der Waals surface area contributed by atoms with Gasteiger partial charge < -0.3 is 0 Å². The molecule has 0 aliphatic rings. The van der Waals surface area contributed by atoms with Gasteiger partial charge in [-0.3, -0.25) is 4.98 Å². The molecule has 0 aliphatic carbocycles. The van der Waals surface area contributed by atoms with Crippen molar-refractivity contribution >= 4 is 23.2 Å². The van der Waals surface area contributed by atoms with Crippen molar-refractivity contribution < 1.29 is 0 Å². The highest BCUT2D eigenvalue weighted by Gasteiger charge is 2.38. The average Bonchev–Trinajstić information content (AvgIpc) is 2.60. The fourth-order valence-electron chi connectivity index (χ4n) is 2.72. The van der Waals surface area contributed by atoms with E-state index in [9.17, 15) is 5.26 Å². The molecular formula is C19H12Cl2N2. The first-order valence-corrected chi connectivity index (χ1v) is 7.77. The Labute approximate surface area is 144 Å². The number of hydrogen-bond acceptors (Lipinski definition) is 2. The fraction of sp³-hybridized carbons (Fsp3) is 0.0526. The van der Waals surface area contributed by atoms with Crippen molar-refractivity contribution in [1.29, 1.82) is 5.26 Å². The highest BCUT2D eigenvalue weighted by atomic mass is 35.5. The Morgan fingerprint density at radius 2 is 1.61 bits per heavy atom. The molecule has 0 aliphatic heterocycles. The molecule has 1 aromatic heterocycles. The van der Waals surface area contributed by atoms with Crippen LogP contribution in [0.4, 0.5) is 0 Å². The average molecular weight is 339 g/mol. The maximum atomic E-state index is 10.2. The lowest BCUT2D eigenvalue weighted by Gasteiger charge is -2.29. The van der Waals surface area contributed by atoms with Gasteiger partial charge in [0.1, 0.15) is 5.41 Å². The maximum Gasteiger partial charge on any atom is 0.135 e. The summed E-state index contributed by atoms with van der Waals surface area (Å²) in [6.45, 7) is 0. The summed E-state index contributed by atoms with van der Waals surface area (Å²) in [5.74, 6) is 0. The summed E-state index contributed by atoms with van der Waals surface area (Å²) in [5, 5.41) is 11.3. The standard InChI is InChI=1S/C19H12Cl2N2/c20-16-9-7-14(8-10-16)19(13-22,15-4-3-11-23-12-15)17-5-1-2-6-18(17)21/h1-12H. The van der Waals surface area contributed by atoms with Crippen LogP contribution in [0.15, 0.2) is 73.1 Å². The Kier molecular flexibility index (Phi) is 4.34. The van der Waals surface area contributed by atoms with Gasteiger partial charge >= 0.3 is 0 Å². The summed E-state index contributed by atoms with van der Waals surface area (Å²) < 4.78 is 0. The minimum atomic E-state index is -1.04. The van der Waals surface area contributed by atoms with E-state index in [1.165, 1.54) is 0 Å². The molecule has 2 nitrogen and oxygen atoms in total. The summed E-state index contributed by atoms with van der Waals surface area (Å²) in [7, 11) is 0. The molecule has 0 fully saturated rings. The van der Waals surface area contributed by atoms with Gasteiger partial charge in [0.15, 0.2) is 0 Å². The zero-order valence-corrected chi connectivity index (χ0v) is 13.6. The first-order chi connectivity index (χ1) is 11.2. The Balaban J connectivity index is 2.36. The Bertz CT molecular complexity index is 855. The number of hydrogen-bond donors (Lipinski definition) is 0. The van der Waals surface area contributed by atoms with Crippen LogP contribution >= 0.6 is 23.2 Å². The molecule has 1 unspecified atom stereocenters. The molecule has 1 atom stereocenters. The van der Waals surface area contributed by atoms with E-state index in [4.69, 9.17) is 23.2 Å². The van der Waals surface area contributed by atoms with Crippen LogP contribution in [0.25, 0.3) is 0 Å². The van der Waals surface area contributed by atoms with Crippen LogP contribution in [0, 0.1) is 11.3 Å². The Morgan fingerprint density at radius 1 is 0.870 bits per heavy atom. The lowest BCUT2D eigenvalue weighted by Crippen LogP contribution is -2.28. The monoisotopic (exact) mass is 338 g/mol. The molecule has 3 rings (SSSR count). The highest BCUT2D eigenvalue weighted by Crippen LogP contribution is 2.41. The van der Waals surface area contributed by atoms with Crippen molar-refractivity contribution in [2.45, 2.75) is 5.41 Å². The van der Waals surface area contributed by atoms with Crippen LogP contribution in [0.3, 0.4) is 0 Å². The predicted octanol–water partition coefficient (Wildman–Crippen LogP) is 5.25. The van der Waals surface area contributed by atoms with Crippen molar-refractivity contribution in [2.75, 3.05) is 0 Å². The van der Waals surface area contributed by atoms with Crippen molar-refractivity contribution in [1.82, 2.24) is 4.98 Å². The van der Waals surface area contributed by atoms with Gasteiger partial charge in [0, 0.05) is 22.4 Å². The summed E-state index contributed by atoms with van der Waals surface area (Å²) >= 11 is 12.4. The van der Waals surface area contributed by atoms with Crippen LogP contribution in [-0.4, -0.2) is 4.98 Å². The van der Waals surface area contributed by atoms with Crippen LogP contribution in [-0.2, 0) is 5.41 Å². The second kappa shape index (κ2) is 6.42. The minimum Gasteiger partial charge on any atom is -0.264 e. The molecule has 0 spiro atoms. The van der Waals surface area contributed by atoms with Crippen LogP contribution in [0.1, 0.15) is 16.7 Å². The molecule has 4 heteroatoms. The van der Waals surface area contributed by atoms with Crippen LogP contribution in [0.5, 0.6) is 0 Å². The molecule has 3 aromatic rings. The van der Waals surface area contributed by atoms with Gasteiger partial charge in [-0.2, -0.15) is 5.26 Å². The van der Waals surface area contributed by atoms with E-state index in [2.05, 4.69) is 11.1 Å². The first-order valence-electron chi connectivity index (χ1n) is 7.01. The van der Waals surface area contributed by atoms with Gasteiger partial charge in [0.05, 0.1) is 6.07 Å². The molecule has 112 valence electrons. The molecule has 1 heterocycles. The third kappa shape index (κ3) is 2.70. The van der Waals surface area contributed by atoms with E-state index < -0.39 is 5.41 Å². The second-order valence-electron chi connectivity index (χ2n) is 5.09. The topological polar surface area (TPSA) is 36.7 Å². The van der Waals surface area contributed by atoms with Gasteiger partial charge in [-0.15, -0.1) is 0 Å². The van der Waals surface area contributed by atoms with E-state index in [0.717, 1.165) is 16.7 Å². The number of aromatic nitrogens is 1. The fourth-order valence-corrected chi connectivity index (χ4v) is 3.12. The molecule has 0 saturated heterocycles. The van der Waals surface area contributed by atoms with E-state index in [1.807, 2.05) is 42.5 Å². The number of nitriles is 1. The number of nitrogens with zero attached hydrogens (tertiary/aromatic N) is 2. The van der Waals surface area contributed by atoms with E-state index in [1.54, 1.807) is 30.6 Å². The third-order valence-corrected chi connectivity index (χ3v) is 4.40. The highest BCUT2D eigenvalue weighted by molar-refractivity contribution is 6.31. The van der Waals surface area contributed by atoms with Crippen LogP contribution in [0.2, 0.25) is 10.0 Å². The number of halogens is 2. The number of pyridine rings is 1. The van der Waals surface area contributed by atoms with E-state index >= 15 is 0 Å². The van der Waals surface area contributed by atoms with Gasteiger partial charge in [-0.1, -0.05) is 59.6 Å². The van der Waals surface area contributed by atoms with Gasteiger partial charge in [-0.25, -0.2) is 0 Å². The van der Waals surface area contributed by atoms with Gasteiger partial charge in [0.25, 0.3) is 0 Å². The smallest absolute Gasteiger partial charge is 0.135 e. The maximum absolute atomic E-state index is 10.2. The molecule has 0 amide bonds. The quantitative estimate of drug-likeness (QED) is 0.654. The first kappa shape index (κ1) is 15.6. The van der Waals surface area contributed by atoms with Crippen molar-refractivity contribution in [3.8, 4) is 6.07 Å². The van der Waals surface area contributed by atoms with E-state index in [0.29, 0.717) is 10.0 Å². The number of benzene rings is 2. The largest absolute Gasteiger partial charge is 0.264 e. The van der Waals surface area contributed by atoms with Gasteiger partial charge in [-0.05, 0) is 41.0 Å². The lowest BCUT2D eigenvalue weighted by molar-refractivity contribution is 0.789. The van der Waals surface area contributed by atoms with Gasteiger partial charge in [0.2, 0.25) is 0 Å². The Morgan fingerprint density at radius 3 is 2.22 bits per heavy atom. The summed E-state index contributed by atoms with van der Waals surface area (Å²) in [6, 6.07) is 20.8. The zero-order chi connectivity index (χ0) is 16.3. The predicted molar refractivity (Wildman–Crippen MR) is 92.6 cm³/mol. The second-order valence-corrected chi connectivity index (χ2v) is 5.93. The molecule has 0 N–H and O–H groups in total. The van der Waals surface area contributed by atoms with Crippen molar-refractivity contribution in [2.24, 2.45) is 0 Å². The summed E-state index contributed by atoms with van der Waals surface area (Å²) in [5.41, 5.74) is 1.24. The minimum absolute atomic E-state index is 0.535. The zero-order valence-electron chi connectivity index (χ0n) is 12.1. The molecular weight excluding hydrogens is 327 g/mol. The normalized spacial score (nSPS) is 13.1. The molecule has 0 bridgehead atoms. The third-order valence-electron chi connectivity index (χ3n) is 3.82. The number of rotatable bonds is 3. The van der Waals surface area contributed by atoms with E-state index in [-0.39, 0.29) is 0 Å². The van der Waals surface area contributed by atoms with Crippen LogP contribution < -0.4 is 0 Å². The van der Waals surface area contributed by atoms with Crippen molar-refractivity contribution in [3.05, 3.63) is 99.8 Å². The summed E-state index contributed by atoms with van der Waals surface area (Å²) in [4.78, 5) is 4.18. The lowest BCUT2D eigenvalue weighted by atomic mass is 9.71. The molecule has 23 heavy (non-hydrogen) atoms. The molecule has 0 radical (unpaired) electrons. The Hall–Kier alpha value is -2.34. The summed E-state index contributed by atoms with van der Waals surface area (Å²) in [6.07, 6.45) is 3.38. The molecule has 0 saturated carbocycles. The SMILES string of the molecule is N#CC(c1ccc(Cl)cc1)(c1cccnc1)c1ccccc1Cl. The molecule has 2 aromatic carbocycles.